The molecule has 142 valence electrons. The summed E-state index contributed by atoms with van der Waals surface area (Å²) in [5.74, 6) is -1.43. The number of nitrogens with one attached hydrogen (secondary N) is 1. The van der Waals surface area contributed by atoms with Gasteiger partial charge in [0.1, 0.15) is 5.52 Å². The zero-order valence-electron chi connectivity index (χ0n) is 14.4. The van der Waals surface area contributed by atoms with Crippen molar-refractivity contribution in [2.75, 3.05) is 18.5 Å². The molecule has 0 spiro atoms. The minimum Gasteiger partial charge on any atom is -0.380 e. The van der Waals surface area contributed by atoms with Gasteiger partial charge in [0, 0.05) is 17.6 Å². The van der Waals surface area contributed by atoms with Crippen LogP contribution in [0.4, 0.5) is 15.8 Å². The van der Waals surface area contributed by atoms with E-state index >= 15 is 4.39 Å². The molecule has 0 radical (unpaired) electrons. The Labute approximate surface area is 168 Å². The number of nitrogens with zero attached hydrogens (tertiary/aromatic N) is 2. The van der Waals surface area contributed by atoms with Crippen LogP contribution < -0.4 is 11.1 Å². The molecule has 6 nitrogen and oxygen atoms in total. The zero-order valence-corrected chi connectivity index (χ0v) is 16.8. The summed E-state index contributed by atoms with van der Waals surface area (Å²) in [5, 5.41) is 3.23. The van der Waals surface area contributed by atoms with Gasteiger partial charge >= 0.3 is 0 Å². The topological polar surface area (TPSA) is 82.2 Å². The van der Waals surface area contributed by atoms with Crippen LogP contribution in [-0.2, 0) is 11.3 Å². The first kappa shape index (κ1) is 19.6. The SMILES string of the molecule is CCOCCn1cnc2c(F)c(Nc3ccc(Br)cc3Cl)c(C(N)=O)cc21. The van der Waals surface area contributed by atoms with Crippen LogP contribution in [0.15, 0.2) is 35.1 Å². The monoisotopic (exact) mass is 454 g/mol. The van der Waals surface area contributed by atoms with E-state index in [0.29, 0.717) is 36.0 Å². The van der Waals surface area contributed by atoms with Crippen molar-refractivity contribution >= 4 is 55.8 Å². The van der Waals surface area contributed by atoms with Crippen molar-refractivity contribution in [3.8, 4) is 0 Å². The molecule has 0 aliphatic carbocycles. The van der Waals surface area contributed by atoms with Crippen molar-refractivity contribution in [2.24, 2.45) is 5.73 Å². The van der Waals surface area contributed by atoms with Gasteiger partial charge in [-0.2, -0.15) is 0 Å². The van der Waals surface area contributed by atoms with E-state index in [4.69, 9.17) is 22.1 Å². The van der Waals surface area contributed by atoms with E-state index in [-0.39, 0.29) is 16.8 Å². The van der Waals surface area contributed by atoms with E-state index in [1.165, 1.54) is 12.4 Å². The first-order chi connectivity index (χ1) is 12.9. The van der Waals surface area contributed by atoms with E-state index in [1.807, 2.05) is 6.92 Å². The maximum Gasteiger partial charge on any atom is 0.251 e. The average Bonchev–Trinajstić information content (AvgIpc) is 3.02. The Morgan fingerprint density at radius 2 is 2.22 bits per heavy atom. The largest absolute Gasteiger partial charge is 0.380 e. The van der Waals surface area contributed by atoms with Crippen molar-refractivity contribution in [3.63, 3.8) is 0 Å². The number of halogens is 3. The molecule has 3 N–H and O–H groups in total. The molecule has 3 aromatic rings. The van der Waals surface area contributed by atoms with Crippen LogP contribution in [0.3, 0.4) is 0 Å². The number of aromatic nitrogens is 2. The normalized spacial score (nSPS) is 11.1. The molecule has 2 aromatic carbocycles. The number of anilines is 2. The Balaban J connectivity index is 2.08. The Morgan fingerprint density at radius 3 is 2.89 bits per heavy atom. The van der Waals surface area contributed by atoms with Crippen molar-refractivity contribution < 1.29 is 13.9 Å². The minimum absolute atomic E-state index is 0.0112. The molecule has 9 heteroatoms. The van der Waals surface area contributed by atoms with Gasteiger partial charge in [0.25, 0.3) is 5.91 Å². The summed E-state index contributed by atoms with van der Waals surface area (Å²) in [4.78, 5) is 16.1. The number of amides is 1. The number of primary amides is 1. The lowest BCUT2D eigenvalue weighted by atomic mass is 10.1. The summed E-state index contributed by atoms with van der Waals surface area (Å²) in [6.45, 7) is 3.40. The van der Waals surface area contributed by atoms with Crippen LogP contribution in [0.5, 0.6) is 0 Å². The maximum absolute atomic E-state index is 15.2. The van der Waals surface area contributed by atoms with Gasteiger partial charge in [-0.1, -0.05) is 27.5 Å². The molecule has 0 aliphatic rings. The lowest BCUT2D eigenvalue weighted by Crippen LogP contribution is -2.15. The number of nitrogens with two attached hydrogens (primary N) is 1. The molecule has 1 aromatic heterocycles. The Bertz CT molecular complexity index is 1010. The van der Waals surface area contributed by atoms with Crippen molar-refractivity contribution in [1.29, 1.82) is 0 Å². The second-order valence-corrected chi connectivity index (χ2v) is 7.05. The number of rotatable bonds is 7. The van der Waals surface area contributed by atoms with Gasteiger partial charge in [-0.15, -0.1) is 0 Å². The highest BCUT2D eigenvalue weighted by atomic mass is 79.9. The van der Waals surface area contributed by atoms with E-state index in [9.17, 15) is 4.79 Å². The third-order valence-electron chi connectivity index (χ3n) is 3.99. The fraction of sp³-hybridized carbons (Fsp3) is 0.222. The summed E-state index contributed by atoms with van der Waals surface area (Å²) < 4.78 is 23.0. The Hall–Kier alpha value is -2.16. The Kier molecular flexibility index (Phi) is 5.98. The average molecular weight is 456 g/mol. The highest BCUT2D eigenvalue weighted by Gasteiger charge is 2.21. The molecule has 0 saturated carbocycles. The fourth-order valence-electron chi connectivity index (χ4n) is 2.69. The van der Waals surface area contributed by atoms with Crippen LogP contribution in [0.2, 0.25) is 5.02 Å². The van der Waals surface area contributed by atoms with Gasteiger partial charge in [-0.3, -0.25) is 4.79 Å². The van der Waals surface area contributed by atoms with Crippen molar-refractivity contribution in [3.05, 3.63) is 51.5 Å². The number of ether oxygens (including phenoxy) is 1. The summed E-state index contributed by atoms with van der Waals surface area (Å²) in [7, 11) is 0. The van der Waals surface area contributed by atoms with E-state index < -0.39 is 11.7 Å². The predicted octanol–water partition coefficient (Wildman–Crippen LogP) is 4.47. The van der Waals surface area contributed by atoms with Gasteiger partial charge in [0.2, 0.25) is 0 Å². The van der Waals surface area contributed by atoms with Gasteiger partial charge in [0.05, 0.1) is 40.4 Å². The van der Waals surface area contributed by atoms with Crippen LogP contribution in [-0.4, -0.2) is 28.7 Å². The molecule has 0 fully saturated rings. The smallest absolute Gasteiger partial charge is 0.251 e. The molecule has 0 bridgehead atoms. The van der Waals surface area contributed by atoms with E-state index in [2.05, 4.69) is 26.2 Å². The third-order valence-corrected chi connectivity index (χ3v) is 4.80. The second kappa shape index (κ2) is 8.24. The number of imidazole rings is 1. The molecule has 27 heavy (non-hydrogen) atoms. The lowest BCUT2D eigenvalue weighted by molar-refractivity contribution is 0.100. The van der Waals surface area contributed by atoms with Gasteiger partial charge in [-0.25, -0.2) is 9.37 Å². The number of hydrogen-bond acceptors (Lipinski definition) is 4. The highest BCUT2D eigenvalue weighted by Crippen LogP contribution is 2.34. The molecule has 1 amide bonds. The third kappa shape index (κ3) is 4.07. The standard InChI is InChI=1S/C18H17BrClFN4O2/c1-2-27-6-5-25-9-23-17-14(25)8-11(18(22)26)16(15(17)21)24-13-4-3-10(19)7-12(13)20/h3-4,7-9,24H,2,5-6H2,1H3,(H2,22,26). The van der Waals surface area contributed by atoms with Gasteiger partial charge in [0.15, 0.2) is 5.82 Å². The number of carbonyl (C=O) groups is 1. The van der Waals surface area contributed by atoms with Gasteiger partial charge < -0.3 is 20.4 Å². The number of benzene rings is 2. The highest BCUT2D eigenvalue weighted by molar-refractivity contribution is 9.10. The van der Waals surface area contributed by atoms with Crippen LogP contribution in [0.25, 0.3) is 11.0 Å². The second-order valence-electron chi connectivity index (χ2n) is 5.73. The van der Waals surface area contributed by atoms with Crippen molar-refractivity contribution in [1.82, 2.24) is 9.55 Å². The van der Waals surface area contributed by atoms with E-state index in [0.717, 1.165) is 4.47 Å². The molecule has 1 heterocycles. The van der Waals surface area contributed by atoms with Gasteiger partial charge in [-0.05, 0) is 31.2 Å². The van der Waals surface area contributed by atoms with E-state index in [1.54, 1.807) is 22.8 Å². The molecular formula is C18H17BrClFN4O2. The number of carbonyl (C=O) groups excluding carboxylic acids is 1. The summed E-state index contributed by atoms with van der Waals surface area (Å²) >= 11 is 9.50. The minimum atomic E-state index is -0.760. The van der Waals surface area contributed by atoms with Crippen molar-refractivity contribution in [2.45, 2.75) is 13.5 Å². The summed E-state index contributed by atoms with van der Waals surface area (Å²) in [6, 6.07) is 6.60. The Morgan fingerprint density at radius 1 is 1.44 bits per heavy atom. The number of fused-ring (bicyclic) bond motifs is 1. The fourth-order valence-corrected chi connectivity index (χ4v) is 3.41. The summed E-state index contributed by atoms with van der Waals surface area (Å²) in [5.41, 5.74) is 6.48. The molecule has 3 rings (SSSR count). The number of hydrogen-bond donors (Lipinski definition) is 2. The molecule has 0 unspecified atom stereocenters. The van der Waals surface area contributed by atoms with Crippen LogP contribution >= 0.6 is 27.5 Å². The zero-order chi connectivity index (χ0) is 19.6. The molecular weight excluding hydrogens is 439 g/mol. The van der Waals surface area contributed by atoms with Crippen LogP contribution in [0.1, 0.15) is 17.3 Å². The quantitative estimate of drug-likeness (QED) is 0.515. The lowest BCUT2D eigenvalue weighted by Gasteiger charge is -2.14. The van der Waals surface area contributed by atoms with Crippen LogP contribution in [0, 0.1) is 5.82 Å². The first-order valence-electron chi connectivity index (χ1n) is 8.19. The maximum atomic E-state index is 15.2. The molecule has 0 atom stereocenters. The molecule has 0 saturated heterocycles. The molecule has 0 aliphatic heterocycles. The first-order valence-corrected chi connectivity index (χ1v) is 9.36. The summed E-state index contributed by atoms with van der Waals surface area (Å²) in [6.07, 6.45) is 1.51. The predicted molar refractivity (Wildman–Crippen MR) is 107 cm³/mol.